The van der Waals surface area contributed by atoms with E-state index >= 15 is 0 Å². The Balaban J connectivity index is 2.03. The Bertz CT molecular complexity index is 551. The lowest BCUT2D eigenvalue weighted by Crippen LogP contribution is -2.20. The van der Waals surface area contributed by atoms with Gasteiger partial charge in [-0.1, -0.05) is 6.07 Å². The number of aromatic nitrogens is 2. The number of nitrogens with one attached hydrogen (secondary N) is 1. The van der Waals surface area contributed by atoms with E-state index in [0.717, 1.165) is 18.3 Å². The molecular formula is C14H17F2N3. The summed E-state index contributed by atoms with van der Waals surface area (Å²) < 4.78 is 28.5. The lowest BCUT2D eigenvalue weighted by Gasteiger charge is -2.15. The van der Waals surface area contributed by atoms with Crippen LogP contribution in [-0.2, 0) is 13.1 Å². The summed E-state index contributed by atoms with van der Waals surface area (Å²) in [5.41, 5.74) is 1.50. The Morgan fingerprint density at radius 2 is 2.16 bits per heavy atom. The van der Waals surface area contributed by atoms with Crippen molar-refractivity contribution < 1.29 is 8.78 Å². The van der Waals surface area contributed by atoms with E-state index in [1.54, 1.807) is 12.5 Å². The summed E-state index contributed by atoms with van der Waals surface area (Å²) in [7, 11) is 0. The monoisotopic (exact) mass is 265 g/mol. The molecule has 0 bridgehead atoms. The fourth-order valence-electron chi connectivity index (χ4n) is 2.00. The molecule has 2 aromatic rings. The van der Waals surface area contributed by atoms with Crippen LogP contribution < -0.4 is 5.32 Å². The van der Waals surface area contributed by atoms with Crippen molar-refractivity contribution in [3.05, 3.63) is 53.6 Å². The molecule has 0 spiro atoms. The van der Waals surface area contributed by atoms with Crippen molar-refractivity contribution in [1.82, 2.24) is 14.9 Å². The van der Waals surface area contributed by atoms with Crippen LogP contribution >= 0.6 is 0 Å². The maximum Gasteiger partial charge on any atom is 0.130 e. The van der Waals surface area contributed by atoms with Crippen LogP contribution in [0.5, 0.6) is 0 Å². The van der Waals surface area contributed by atoms with E-state index in [9.17, 15) is 8.78 Å². The smallest absolute Gasteiger partial charge is 0.130 e. The van der Waals surface area contributed by atoms with E-state index in [1.165, 1.54) is 12.1 Å². The standard InChI is InChI=1S/C14H17F2N3/c1-3-19-9-17-7-12(19)8-18-10(2)13-5-4-11(15)6-14(13)16/h4-7,9-10,18H,3,8H2,1-2H3. The molecule has 1 aromatic heterocycles. The van der Waals surface area contributed by atoms with Gasteiger partial charge < -0.3 is 9.88 Å². The number of imidazole rings is 1. The van der Waals surface area contributed by atoms with Gasteiger partial charge >= 0.3 is 0 Å². The van der Waals surface area contributed by atoms with Gasteiger partial charge in [-0.2, -0.15) is 0 Å². The zero-order chi connectivity index (χ0) is 13.8. The average molecular weight is 265 g/mol. The zero-order valence-electron chi connectivity index (χ0n) is 11.0. The first-order chi connectivity index (χ1) is 9.11. The van der Waals surface area contributed by atoms with Crippen molar-refractivity contribution >= 4 is 0 Å². The topological polar surface area (TPSA) is 29.9 Å². The Labute approximate surface area is 111 Å². The molecule has 2 rings (SSSR count). The molecule has 0 aliphatic carbocycles. The molecule has 102 valence electrons. The van der Waals surface area contributed by atoms with Gasteiger partial charge in [-0.3, -0.25) is 0 Å². The van der Waals surface area contributed by atoms with Crippen LogP contribution in [0, 0.1) is 11.6 Å². The predicted octanol–water partition coefficient (Wildman–Crippen LogP) is 3.03. The summed E-state index contributed by atoms with van der Waals surface area (Å²) in [5, 5.41) is 3.21. The normalized spacial score (nSPS) is 12.6. The van der Waals surface area contributed by atoms with Gasteiger partial charge in [0.15, 0.2) is 0 Å². The highest BCUT2D eigenvalue weighted by molar-refractivity contribution is 5.21. The Morgan fingerprint density at radius 3 is 2.84 bits per heavy atom. The first kappa shape index (κ1) is 13.7. The third-order valence-corrected chi connectivity index (χ3v) is 3.16. The van der Waals surface area contributed by atoms with Gasteiger partial charge in [-0.05, 0) is 19.9 Å². The lowest BCUT2D eigenvalue weighted by atomic mass is 10.1. The van der Waals surface area contributed by atoms with Gasteiger partial charge in [0.05, 0.1) is 12.0 Å². The van der Waals surface area contributed by atoms with Gasteiger partial charge in [-0.15, -0.1) is 0 Å². The van der Waals surface area contributed by atoms with Gasteiger partial charge in [0.2, 0.25) is 0 Å². The number of halogens is 2. The number of aryl methyl sites for hydroxylation is 1. The molecule has 1 heterocycles. The number of nitrogens with zero attached hydrogens (tertiary/aromatic N) is 2. The summed E-state index contributed by atoms with van der Waals surface area (Å²) in [6.07, 6.45) is 3.55. The average Bonchev–Trinajstić information content (AvgIpc) is 2.83. The van der Waals surface area contributed by atoms with E-state index < -0.39 is 11.6 Å². The molecule has 0 fully saturated rings. The third kappa shape index (κ3) is 3.17. The molecule has 1 unspecified atom stereocenters. The second-order valence-electron chi connectivity index (χ2n) is 4.44. The zero-order valence-corrected chi connectivity index (χ0v) is 11.0. The maximum absolute atomic E-state index is 13.6. The third-order valence-electron chi connectivity index (χ3n) is 3.16. The van der Waals surface area contributed by atoms with Gasteiger partial charge in [0, 0.05) is 37.0 Å². The van der Waals surface area contributed by atoms with Crippen molar-refractivity contribution in [3.8, 4) is 0 Å². The highest BCUT2D eigenvalue weighted by Crippen LogP contribution is 2.18. The second kappa shape index (κ2) is 5.93. The second-order valence-corrected chi connectivity index (χ2v) is 4.44. The van der Waals surface area contributed by atoms with E-state index in [-0.39, 0.29) is 6.04 Å². The van der Waals surface area contributed by atoms with Crippen molar-refractivity contribution in [3.63, 3.8) is 0 Å². The fraction of sp³-hybridized carbons (Fsp3) is 0.357. The highest BCUT2D eigenvalue weighted by Gasteiger charge is 2.12. The molecule has 1 atom stereocenters. The van der Waals surface area contributed by atoms with Crippen LogP contribution in [0.15, 0.2) is 30.7 Å². The number of hydrogen-bond donors (Lipinski definition) is 1. The Kier molecular flexibility index (Phi) is 4.27. The minimum atomic E-state index is -0.558. The summed E-state index contributed by atoms with van der Waals surface area (Å²) in [6.45, 7) is 5.32. The van der Waals surface area contributed by atoms with Crippen LogP contribution in [0.25, 0.3) is 0 Å². The van der Waals surface area contributed by atoms with Crippen molar-refractivity contribution in [2.24, 2.45) is 0 Å². The van der Waals surface area contributed by atoms with Crippen LogP contribution in [0.1, 0.15) is 31.1 Å². The molecule has 0 amide bonds. The summed E-state index contributed by atoms with van der Waals surface area (Å²) in [5.74, 6) is -1.08. The molecule has 0 saturated heterocycles. The molecule has 0 radical (unpaired) electrons. The number of benzene rings is 1. The molecule has 0 saturated carbocycles. The minimum Gasteiger partial charge on any atom is -0.334 e. The predicted molar refractivity (Wildman–Crippen MR) is 69.5 cm³/mol. The molecule has 1 N–H and O–H groups in total. The van der Waals surface area contributed by atoms with Gasteiger partial charge in [0.1, 0.15) is 11.6 Å². The maximum atomic E-state index is 13.6. The van der Waals surface area contributed by atoms with E-state index in [0.29, 0.717) is 12.1 Å². The van der Waals surface area contributed by atoms with Crippen LogP contribution in [0.2, 0.25) is 0 Å². The van der Waals surface area contributed by atoms with Crippen molar-refractivity contribution in [1.29, 1.82) is 0 Å². The summed E-state index contributed by atoms with van der Waals surface area (Å²) in [4.78, 5) is 4.07. The molecule has 0 aliphatic rings. The number of rotatable bonds is 5. The molecule has 1 aromatic carbocycles. The highest BCUT2D eigenvalue weighted by atomic mass is 19.1. The van der Waals surface area contributed by atoms with Gasteiger partial charge in [0.25, 0.3) is 0 Å². The van der Waals surface area contributed by atoms with E-state index in [2.05, 4.69) is 10.3 Å². The van der Waals surface area contributed by atoms with E-state index in [4.69, 9.17) is 0 Å². The molecule has 19 heavy (non-hydrogen) atoms. The first-order valence-corrected chi connectivity index (χ1v) is 6.29. The summed E-state index contributed by atoms with van der Waals surface area (Å²) >= 11 is 0. The van der Waals surface area contributed by atoms with Crippen molar-refractivity contribution in [2.45, 2.75) is 33.0 Å². The van der Waals surface area contributed by atoms with Crippen molar-refractivity contribution in [2.75, 3.05) is 0 Å². The van der Waals surface area contributed by atoms with E-state index in [1.807, 2.05) is 18.4 Å². The largest absolute Gasteiger partial charge is 0.334 e. The first-order valence-electron chi connectivity index (χ1n) is 6.29. The van der Waals surface area contributed by atoms with Gasteiger partial charge in [-0.25, -0.2) is 13.8 Å². The summed E-state index contributed by atoms with van der Waals surface area (Å²) in [6, 6.07) is 3.46. The fourth-order valence-corrected chi connectivity index (χ4v) is 2.00. The van der Waals surface area contributed by atoms with Crippen LogP contribution in [0.3, 0.4) is 0 Å². The quantitative estimate of drug-likeness (QED) is 0.900. The molecule has 5 heteroatoms. The van der Waals surface area contributed by atoms with Crippen LogP contribution in [-0.4, -0.2) is 9.55 Å². The molecular weight excluding hydrogens is 248 g/mol. The molecule has 0 aliphatic heterocycles. The molecule has 3 nitrogen and oxygen atoms in total. The van der Waals surface area contributed by atoms with Crippen LogP contribution in [0.4, 0.5) is 8.78 Å². The Hall–Kier alpha value is -1.75. The lowest BCUT2D eigenvalue weighted by molar-refractivity contribution is 0.508. The number of hydrogen-bond acceptors (Lipinski definition) is 2. The minimum absolute atomic E-state index is 0.194. The Morgan fingerprint density at radius 1 is 1.37 bits per heavy atom. The SMILES string of the molecule is CCn1cncc1CNC(C)c1ccc(F)cc1F.